The number of hydrogen-bond acceptors (Lipinski definition) is 5. The van der Waals surface area contributed by atoms with Gasteiger partial charge in [-0.3, -0.25) is 0 Å². The van der Waals surface area contributed by atoms with E-state index in [0.717, 1.165) is 17.9 Å². The van der Waals surface area contributed by atoms with Crippen molar-refractivity contribution in [1.29, 1.82) is 5.26 Å². The van der Waals surface area contributed by atoms with Crippen molar-refractivity contribution >= 4 is 17.3 Å². The monoisotopic (exact) mass is 265 g/mol. The molecule has 0 saturated carbocycles. The van der Waals surface area contributed by atoms with Gasteiger partial charge in [0.25, 0.3) is 0 Å². The van der Waals surface area contributed by atoms with Crippen molar-refractivity contribution in [2.24, 2.45) is 0 Å². The Labute approximate surface area is 117 Å². The molecule has 2 N–H and O–H groups in total. The predicted octanol–water partition coefficient (Wildman–Crippen LogP) is 2.64. The summed E-state index contributed by atoms with van der Waals surface area (Å²) in [6.07, 6.45) is 5.07. The average molecular weight is 265 g/mol. The molecule has 5 nitrogen and oxygen atoms in total. The highest BCUT2D eigenvalue weighted by Gasteiger charge is 2.10. The first-order valence-electron chi connectivity index (χ1n) is 6.67. The number of nitriles is 1. The van der Waals surface area contributed by atoms with Gasteiger partial charge in [0.15, 0.2) is 0 Å². The van der Waals surface area contributed by atoms with Crippen molar-refractivity contribution in [3.05, 3.63) is 41.7 Å². The van der Waals surface area contributed by atoms with Crippen LogP contribution in [0.5, 0.6) is 0 Å². The van der Waals surface area contributed by atoms with Crippen LogP contribution in [0.15, 0.2) is 30.6 Å². The number of aromatic nitrogens is 2. The molecule has 0 spiro atoms. The van der Waals surface area contributed by atoms with Gasteiger partial charge in [-0.1, -0.05) is 6.07 Å². The maximum Gasteiger partial charge on any atom is 0.135 e. The molecule has 0 aliphatic heterocycles. The maximum atomic E-state index is 8.55. The van der Waals surface area contributed by atoms with Gasteiger partial charge in [0.05, 0.1) is 6.07 Å². The lowest BCUT2D eigenvalue weighted by molar-refractivity contribution is 0.912. The number of anilines is 3. The summed E-state index contributed by atoms with van der Waals surface area (Å²) < 4.78 is 0. The zero-order valence-corrected chi connectivity index (χ0v) is 11.1. The number of fused-ring (bicyclic) bond motifs is 1. The van der Waals surface area contributed by atoms with Gasteiger partial charge in [-0.15, -0.1) is 0 Å². The molecule has 5 heteroatoms. The number of benzene rings is 1. The van der Waals surface area contributed by atoms with Crippen molar-refractivity contribution in [2.45, 2.75) is 19.3 Å². The van der Waals surface area contributed by atoms with Gasteiger partial charge >= 0.3 is 0 Å². The zero-order valence-electron chi connectivity index (χ0n) is 11.1. The van der Waals surface area contributed by atoms with Crippen molar-refractivity contribution in [3.8, 4) is 6.07 Å². The first kappa shape index (κ1) is 12.4. The number of aryl methyl sites for hydroxylation is 2. The molecule has 0 radical (unpaired) electrons. The van der Waals surface area contributed by atoms with Crippen LogP contribution in [0, 0.1) is 11.3 Å². The average Bonchev–Trinajstić information content (AvgIpc) is 2.93. The first-order valence-corrected chi connectivity index (χ1v) is 6.67. The fourth-order valence-electron chi connectivity index (χ4n) is 2.45. The Morgan fingerprint density at radius 3 is 2.85 bits per heavy atom. The number of nitrogens with zero attached hydrogens (tertiary/aromatic N) is 3. The Bertz CT molecular complexity index is 660. The summed E-state index contributed by atoms with van der Waals surface area (Å²) >= 11 is 0. The predicted molar refractivity (Wildman–Crippen MR) is 77.9 cm³/mol. The molecular formula is C15H15N5. The van der Waals surface area contributed by atoms with Gasteiger partial charge in [0.2, 0.25) is 0 Å². The Hall–Kier alpha value is -2.61. The van der Waals surface area contributed by atoms with E-state index in [4.69, 9.17) is 5.26 Å². The smallest absolute Gasteiger partial charge is 0.135 e. The molecule has 1 heterocycles. The maximum absolute atomic E-state index is 8.55. The molecule has 20 heavy (non-hydrogen) atoms. The molecule has 3 rings (SSSR count). The summed E-state index contributed by atoms with van der Waals surface area (Å²) in [7, 11) is 0. The van der Waals surface area contributed by atoms with Gasteiger partial charge in [-0.25, -0.2) is 9.97 Å². The van der Waals surface area contributed by atoms with Crippen molar-refractivity contribution in [2.75, 3.05) is 17.2 Å². The lowest BCUT2D eigenvalue weighted by Gasteiger charge is -2.09. The van der Waals surface area contributed by atoms with Crippen LogP contribution in [0.1, 0.15) is 17.5 Å². The van der Waals surface area contributed by atoms with E-state index in [2.05, 4.69) is 38.8 Å². The van der Waals surface area contributed by atoms with Crippen LogP contribution in [0.4, 0.5) is 17.3 Å². The third kappa shape index (κ3) is 2.69. The van der Waals surface area contributed by atoms with Gasteiger partial charge in [-0.05, 0) is 42.5 Å². The Kier molecular flexibility index (Phi) is 3.46. The highest BCUT2D eigenvalue weighted by Crippen LogP contribution is 2.26. The van der Waals surface area contributed by atoms with Crippen molar-refractivity contribution in [3.63, 3.8) is 0 Å². The van der Waals surface area contributed by atoms with Crippen LogP contribution in [-0.2, 0) is 12.8 Å². The molecule has 1 aromatic carbocycles. The molecule has 0 amide bonds. The summed E-state index contributed by atoms with van der Waals surface area (Å²) in [5.74, 6) is 1.36. The molecule has 2 aromatic rings. The fraction of sp³-hybridized carbons (Fsp3) is 0.267. The molecule has 1 aromatic heterocycles. The second kappa shape index (κ2) is 5.57. The highest BCUT2D eigenvalue weighted by molar-refractivity contribution is 5.60. The van der Waals surface area contributed by atoms with Crippen LogP contribution in [0.2, 0.25) is 0 Å². The molecule has 1 aliphatic carbocycles. The molecule has 1 aliphatic rings. The fourth-order valence-corrected chi connectivity index (χ4v) is 2.45. The van der Waals surface area contributed by atoms with Crippen molar-refractivity contribution in [1.82, 2.24) is 9.97 Å². The SMILES string of the molecule is N#CCNc1cc(Nc2ccc3c(c2)CCC3)ncn1. The summed E-state index contributed by atoms with van der Waals surface area (Å²) in [6, 6.07) is 10.3. The lowest BCUT2D eigenvalue weighted by atomic mass is 10.1. The third-order valence-corrected chi connectivity index (χ3v) is 3.39. The summed E-state index contributed by atoms with van der Waals surface area (Å²) in [5.41, 5.74) is 3.91. The zero-order chi connectivity index (χ0) is 13.8. The van der Waals surface area contributed by atoms with Gasteiger partial charge in [0.1, 0.15) is 24.5 Å². The summed E-state index contributed by atoms with van der Waals surface area (Å²) in [6.45, 7) is 0.231. The van der Waals surface area contributed by atoms with Crippen molar-refractivity contribution < 1.29 is 0 Å². The lowest BCUT2D eigenvalue weighted by Crippen LogP contribution is -2.02. The molecule has 0 fully saturated rings. The minimum Gasteiger partial charge on any atom is -0.357 e. The third-order valence-electron chi connectivity index (χ3n) is 3.39. The standard InChI is InChI=1S/C15H15N5/c16-6-7-17-14-9-15(19-10-18-14)20-13-5-4-11-2-1-3-12(11)8-13/h4-5,8-10H,1-3,7H2,(H2,17,18,19,20). The highest BCUT2D eigenvalue weighted by atomic mass is 15.1. The van der Waals surface area contributed by atoms with Crippen LogP contribution < -0.4 is 10.6 Å². The van der Waals surface area contributed by atoms with E-state index in [9.17, 15) is 0 Å². The van der Waals surface area contributed by atoms with E-state index in [1.807, 2.05) is 6.07 Å². The minimum absolute atomic E-state index is 0.231. The molecule has 100 valence electrons. The molecule has 0 unspecified atom stereocenters. The second-order valence-corrected chi connectivity index (χ2v) is 4.76. The van der Waals surface area contributed by atoms with Crippen LogP contribution in [0.3, 0.4) is 0 Å². The molecule has 0 bridgehead atoms. The van der Waals surface area contributed by atoms with E-state index in [-0.39, 0.29) is 6.54 Å². The van der Waals surface area contributed by atoms with E-state index in [0.29, 0.717) is 5.82 Å². The Morgan fingerprint density at radius 1 is 1.10 bits per heavy atom. The minimum atomic E-state index is 0.231. The van der Waals surface area contributed by atoms with Crippen LogP contribution >= 0.6 is 0 Å². The number of hydrogen-bond donors (Lipinski definition) is 2. The first-order chi connectivity index (χ1) is 9.85. The normalized spacial score (nSPS) is 12.6. The Balaban J connectivity index is 1.76. The molecule has 0 saturated heterocycles. The summed E-state index contributed by atoms with van der Waals surface area (Å²) in [4.78, 5) is 8.25. The van der Waals surface area contributed by atoms with E-state index < -0.39 is 0 Å². The topological polar surface area (TPSA) is 73.6 Å². The van der Waals surface area contributed by atoms with E-state index >= 15 is 0 Å². The number of rotatable bonds is 4. The van der Waals surface area contributed by atoms with Crippen LogP contribution in [0.25, 0.3) is 0 Å². The largest absolute Gasteiger partial charge is 0.357 e. The van der Waals surface area contributed by atoms with E-state index in [1.165, 1.54) is 30.3 Å². The van der Waals surface area contributed by atoms with Crippen LogP contribution in [-0.4, -0.2) is 16.5 Å². The van der Waals surface area contributed by atoms with Gasteiger partial charge in [-0.2, -0.15) is 5.26 Å². The quantitative estimate of drug-likeness (QED) is 0.831. The second-order valence-electron chi connectivity index (χ2n) is 4.76. The summed E-state index contributed by atoms with van der Waals surface area (Å²) in [5, 5.41) is 14.7. The number of nitrogens with one attached hydrogen (secondary N) is 2. The molecule has 0 atom stereocenters. The Morgan fingerprint density at radius 2 is 1.95 bits per heavy atom. The molecular weight excluding hydrogens is 250 g/mol. The van der Waals surface area contributed by atoms with Gasteiger partial charge in [0, 0.05) is 11.8 Å². The van der Waals surface area contributed by atoms with Gasteiger partial charge < -0.3 is 10.6 Å². The van der Waals surface area contributed by atoms with E-state index in [1.54, 1.807) is 6.07 Å².